The molecule has 0 radical (unpaired) electrons. The molecule has 5 nitrogen and oxygen atoms in total. The van der Waals surface area contributed by atoms with Crippen LogP contribution in [0.4, 0.5) is 4.39 Å². The lowest BCUT2D eigenvalue weighted by molar-refractivity contribution is -0.122. The van der Waals surface area contributed by atoms with Crippen LogP contribution in [0.15, 0.2) is 12.1 Å². The highest BCUT2D eigenvalue weighted by atomic mass is 127. The zero-order valence-corrected chi connectivity index (χ0v) is 12.8. The topological polar surface area (TPSA) is 73.0 Å². The lowest BCUT2D eigenvalue weighted by atomic mass is 10.3. The summed E-state index contributed by atoms with van der Waals surface area (Å²) in [7, 11) is 0. The van der Waals surface area contributed by atoms with Gasteiger partial charge < -0.3 is 20.0 Å². The van der Waals surface area contributed by atoms with E-state index in [1.54, 1.807) is 10.6 Å². The van der Waals surface area contributed by atoms with E-state index in [0.29, 0.717) is 20.4 Å². The molecule has 2 aromatic rings. The van der Waals surface area contributed by atoms with Gasteiger partial charge in [0.1, 0.15) is 12.4 Å². The number of hydrogen-bond acceptors (Lipinski definition) is 3. The first-order valence-corrected chi connectivity index (χ1v) is 6.91. The summed E-state index contributed by atoms with van der Waals surface area (Å²) >= 11 is 7.10. The third-order valence-corrected chi connectivity index (χ3v) is 3.67. The van der Waals surface area contributed by atoms with Gasteiger partial charge in [0.25, 0.3) is 0 Å². The van der Waals surface area contributed by atoms with E-state index in [1.807, 2.05) is 22.6 Å². The zero-order chi connectivity index (χ0) is 14.0. The first-order chi connectivity index (χ1) is 8.99. The van der Waals surface area contributed by atoms with Crippen molar-refractivity contribution < 1.29 is 13.9 Å². The van der Waals surface area contributed by atoms with Crippen molar-refractivity contribution in [2.75, 3.05) is 13.2 Å². The van der Waals surface area contributed by atoms with Crippen molar-refractivity contribution in [2.24, 2.45) is 5.73 Å². The van der Waals surface area contributed by atoms with Gasteiger partial charge >= 0.3 is 0 Å². The monoisotopic (exact) mass is 395 g/mol. The number of nitrogens with two attached hydrogens (primary N) is 1. The summed E-state index contributed by atoms with van der Waals surface area (Å²) in [5.41, 5.74) is 6.40. The summed E-state index contributed by atoms with van der Waals surface area (Å²) in [4.78, 5) is 13.5. The quantitative estimate of drug-likeness (QED) is 0.462. The summed E-state index contributed by atoms with van der Waals surface area (Å²) in [5.74, 6) is -0.822. The smallest absolute Gasteiger partial charge is 0.243 e. The van der Waals surface area contributed by atoms with Gasteiger partial charge in [-0.1, -0.05) is 0 Å². The highest BCUT2D eigenvalue weighted by Crippen LogP contribution is 2.20. The SMILES string of the molecule is NC(=O)COCCn1c(=S)[nH]c2cc(I)c(F)cc21. The van der Waals surface area contributed by atoms with E-state index in [0.717, 1.165) is 5.52 Å². The predicted octanol–water partition coefficient (Wildman–Crippen LogP) is 1.94. The molecule has 0 saturated heterocycles. The fourth-order valence-corrected chi connectivity index (χ4v) is 2.47. The van der Waals surface area contributed by atoms with Crippen LogP contribution in [0.3, 0.4) is 0 Å². The van der Waals surface area contributed by atoms with E-state index < -0.39 is 5.91 Å². The minimum Gasteiger partial charge on any atom is -0.370 e. The molecule has 0 unspecified atom stereocenters. The molecule has 0 atom stereocenters. The third-order valence-electron chi connectivity index (χ3n) is 2.52. The normalized spacial score (nSPS) is 11.1. The second-order valence-electron chi connectivity index (χ2n) is 3.88. The van der Waals surface area contributed by atoms with Crippen LogP contribution in [0.5, 0.6) is 0 Å². The molecule has 2 rings (SSSR count). The van der Waals surface area contributed by atoms with E-state index in [4.69, 9.17) is 22.7 Å². The number of aromatic nitrogens is 2. The average Bonchev–Trinajstić information content (AvgIpc) is 2.61. The van der Waals surface area contributed by atoms with E-state index in [2.05, 4.69) is 4.98 Å². The molecule has 102 valence electrons. The fraction of sp³-hybridized carbons (Fsp3) is 0.273. The lowest BCUT2D eigenvalue weighted by Crippen LogP contribution is -2.19. The van der Waals surface area contributed by atoms with Gasteiger partial charge in [-0.05, 0) is 40.9 Å². The molecule has 1 aromatic carbocycles. The van der Waals surface area contributed by atoms with Crippen molar-refractivity contribution in [3.8, 4) is 0 Å². The van der Waals surface area contributed by atoms with Gasteiger partial charge in [-0.25, -0.2) is 4.39 Å². The Morgan fingerprint density at radius 3 is 3.00 bits per heavy atom. The van der Waals surface area contributed by atoms with Gasteiger partial charge in [0, 0.05) is 12.6 Å². The van der Waals surface area contributed by atoms with Crippen LogP contribution in [-0.2, 0) is 16.1 Å². The van der Waals surface area contributed by atoms with Crippen molar-refractivity contribution in [1.82, 2.24) is 9.55 Å². The van der Waals surface area contributed by atoms with Crippen molar-refractivity contribution in [2.45, 2.75) is 6.54 Å². The van der Waals surface area contributed by atoms with Gasteiger partial charge in [0.05, 0.1) is 21.2 Å². The van der Waals surface area contributed by atoms with Crippen LogP contribution in [0.25, 0.3) is 11.0 Å². The Morgan fingerprint density at radius 2 is 2.32 bits per heavy atom. The molecular weight excluding hydrogens is 384 g/mol. The van der Waals surface area contributed by atoms with Crippen molar-refractivity contribution in [1.29, 1.82) is 0 Å². The second-order valence-corrected chi connectivity index (χ2v) is 5.43. The number of carbonyl (C=O) groups is 1. The summed E-state index contributed by atoms with van der Waals surface area (Å²) < 4.78 is 21.4. The largest absolute Gasteiger partial charge is 0.370 e. The molecule has 0 fully saturated rings. The fourth-order valence-electron chi connectivity index (χ4n) is 1.70. The Balaban J connectivity index is 2.23. The number of aromatic amines is 1. The Morgan fingerprint density at radius 1 is 1.58 bits per heavy atom. The van der Waals surface area contributed by atoms with Crippen LogP contribution in [0.1, 0.15) is 0 Å². The number of fused-ring (bicyclic) bond motifs is 1. The molecular formula is C11H11FIN3O2S. The molecule has 0 spiro atoms. The van der Waals surface area contributed by atoms with Crippen LogP contribution >= 0.6 is 34.8 Å². The molecule has 1 aromatic heterocycles. The number of nitrogens with one attached hydrogen (secondary N) is 1. The maximum atomic E-state index is 13.6. The molecule has 0 aliphatic heterocycles. The van der Waals surface area contributed by atoms with E-state index >= 15 is 0 Å². The molecule has 1 heterocycles. The summed E-state index contributed by atoms with van der Waals surface area (Å²) in [5, 5.41) is 0. The number of carbonyl (C=O) groups excluding carboxylic acids is 1. The number of primary amides is 1. The Hall–Kier alpha value is -1.00. The third kappa shape index (κ3) is 3.31. The predicted molar refractivity (Wildman–Crippen MR) is 79.8 cm³/mol. The van der Waals surface area contributed by atoms with E-state index in [-0.39, 0.29) is 19.0 Å². The number of halogens is 2. The minimum atomic E-state index is -0.525. The van der Waals surface area contributed by atoms with Gasteiger partial charge in [0.2, 0.25) is 5.91 Å². The Bertz CT molecular complexity index is 682. The summed E-state index contributed by atoms with van der Waals surface area (Å²) in [6.45, 7) is 0.561. The van der Waals surface area contributed by atoms with Gasteiger partial charge in [0.15, 0.2) is 4.77 Å². The zero-order valence-electron chi connectivity index (χ0n) is 9.78. The van der Waals surface area contributed by atoms with Crippen LogP contribution in [0.2, 0.25) is 0 Å². The second kappa shape index (κ2) is 5.97. The molecule has 0 bridgehead atoms. The number of H-pyrrole nitrogens is 1. The first kappa shape index (κ1) is 14.4. The molecule has 0 saturated carbocycles. The van der Waals surface area contributed by atoms with Gasteiger partial charge in [-0.2, -0.15) is 0 Å². The van der Waals surface area contributed by atoms with Gasteiger partial charge in [-0.15, -0.1) is 0 Å². The lowest BCUT2D eigenvalue weighted by Gasteiger charge is -2.05. The Labute approximate surface area is 127 Å². The molecule has 3 N–H and O–H groups in total. The number of benzene rings is 1. The van der Waals surface area contributed by atoms with Crippen LogP contribution in [0, 0.1) is 14.2 Å². The molecule has 1 amide bonds. The molecule has 0 aliphatic carbocycles. The first-order valence-electron chi connectivity index (χ1n) is 5.42. The van der Waals surface area contributed by atoms with Crippen LogP contribution in [-0.4, -0.2) is 28.7 Å². The summed E-state index contributed by atoms with van der Waals surface area (Å²) in [6.07, 6.45) is 0. The number of hydrogen-bond donors (Lipinski definition) is 2. The van der Waals surface area contributed by atoms with E-state index in [1.165, 1.54) is 6.07 Å². The number of rotatable bonds is 5. The summed E-state index contributed by atoms with van der Waals surface area (Å²) in [6, 6.07) is 3.12. The number of imidazole rings is 1. The Kier molecular flexibility index (Phi) is 4.53. The molecule has 19 heavy (non-hydrogen) atoms. The number of nitrogens with zero attached hydrogens (tertiary/aromatic N) is 1. The van der Waals surface area contributed by atoms with Crippen molar-refractivity contribution in [3.63, 3.8) is 0 Å². The van der Waals surface area contributed by atoms with Crippen molar-refractivity contribution >= 4 is 51.7 Å². The number of ether oxygens (including phenoxy) is 1. The highest BCUT2D eigenvalue weighted by molar-refractivity contribution is 14.1. The van der Waals surface area contributed by atoms with Crippen molar-refractivity contribution in [3.05, 3.63) is 26.3 Å². The maximum absolute atomic E-state index is 13.6. The average molecular weight is 395 g/mol. The number of amides is 1. The molecule has 8 heteroatoms. The van der Waals surface area contributed by atoms with Gasteiger partial charge in [-0.3, -0.25) is 4.79 Å². The highest BCUT2D eigenvalue weighted by Gasteiger charge is 2.08. The maximum Gasteiger partial charge on any atom is 0.243 e. The van der Waals surface area contributed by atoms with Crippen LogP contribution < -0.4 is 5.73 Å². The standard InChI is InChI=1S/C11H11FIN3O2S/c12-6-3-9-8(4-7(6)13)15-11(19)16(9)1-2-18-5-10(14)17/h3-4H,1-2,5H2,(H2,14,17)(H,15,19). The molecule has 0 aliphatic rings. The van der Waals surface area contributed by atoms with E-state index in [9.17, 15) is 9.18 Å². The minimum absolute atomic E-state index is 0.137.